The maximum Gasteiger partial charge on any atom is 0.138 e. The van der Waals surface area contributed by atoms with E-state index in [4.69, 9.17) is 11.6 Å². The average molecular weight is 370 g/mol. The van der Waals surface area contributed by atoms with Crippen LogP contribution in [-0.4, -0.2) is 44.8 Å². The number of pyridine rings is 1. The molecule has 0 unspecified atom stereocenters. The third-order valence-corrected chi connectivity index (χ3v) is 6.14. The number of H-pyrrole nitrogens is 1. The van der Waals surface area contributed by atoms with E-state index in [1.807, 2.05) is 6.20 Å². The lowest BCUT2D eigenvalue weighted by molar-refractivity contribution is 0.254. The van der Waals surface area contributed by atoms with Crippen molar-refractivity contribution in [2.24, 2.45) is 5.92 Å². The van der Waals surface area contributed by atoms with Gasteiger partial charge in [-0.25, -0.2) is 4.98 Å². The van der Waals surface area contributed by atoms with Gasteiger partial charge in [-0.1, -0.05) is 11.6 Å². The first-order valence-electron chi connectivity index (χ1n) is 9.56. The molecule has 2 aliphatic rings. The number of piperidine rings is 1. The molecule has 0 spiro atoms. The highest BCUT2D eigenvalue weighted by Crippen LogP contribution is 2.37. The Bertz CT molecular complexity index is 931. The largest absolute Gasteiger partial charge is 0.343 e. The summed E-state index contributed by atoms with van der Waals surface area (Å²) >= 11 is 6.56. The normalized spacial score (nSPS) is 19.5. The molecular weight excluding hydrogens is 346 g/mol. The second kappa shape index (κ2) is 6.39. The van der Waals surface area contributed by atoms with Gasteiger partial charge >= 0.3 is 0 Å². The number of rotatable bonds is 4. The zero-order valence-corrected chi connectivity index (χ0v) is 15.8. The second-order valence-corrected chi connectivity index (χ2v) is 8.35. The van der Waals surface area contributed by atoms with Gasteiger partial charge in [-0.05, 0) is 57.8 Å². The average Bonchev–Trinajstić information content (AvgIpc) is 3.15. The van der Waals surface area contributed by atoms with Gasteiger partial charge in [-0.15, -0.1) is 0 Å². The molecule has 0 bridgehead atoms. The zero-order chi connectivity index (χ0) is 17.7. The molecule has 5 nitrogen and oxygen atoms in total. The summed E-state index contributed by atoms with van der Waals surface area (Å²) in [4.78, 5) is 10.5. The van der Waals surface area contributed by atoms with E-state index in [0.29, 0.717) is 10.9 Å². The number of fused-ring (bicyclic) bond motifs is 1. The van der Waals surface area contributed by atoms with Crippen LogP contribution in [0.3, 0.4) is 0 Å². The first-order valence-corrected chi connectivity index (χ1v) is 9.93. The maximum absolute atomic E-state index is 6.56. The number of hydrogen-bond donors (Lipinski definition) is 1. The Morgan fingerprint density at radius 1 is 1.19 bits per heavy atom. The van der Waals surface area contributed by atoms with Crippen molar-refractivity contribution in [2.75, 3.05) is 20.1 Å². The molecule has 0 aromatic carbocycles. The first-order chi connectivity index (χ1) is 12.7. The second-order valence-electron chi connectivity index (χ2n) is 7.94. The molecule has 2 fully saturated rings. The van der Waals surface area contributed by atoms with Crippen LogP contribution in [0.2, 0.25) is 5.02 Å². The highest BCUT2D eigenvalue weighted by molar-refractivity contribution is 6.34. The van der Waals surface area contributed by atoms with Crippen LogP contribution in [0.1, 0.15) is 37.3 Å². The van der Waals surface area contributed by atoms with E-state index in [2.05, 4.69) is 44.0 Å². The molecule has 1 aliphatic carbocycles. The molecule has 3 aromatic rings. The number of aromatic amines is 1. The van der Waals surface area contributed by atoms with Crippen molar-refractivity contribution in [2.45, 2.75) is 38.1 Å². The Hall–Kier alpha value is -1.85. The third-order valence-electron chi connectivity index (χ3n) is 5.86. The molecule has 1 N–H and O–H groups in total. The topological polar surface area (TPSA) is 49.7 Å². The molecular formula is C20H24ClN5. The smallest absolute Gasteiger partial charge is 0.138 e. The highest BCUT2D eigenvalue weighted by Gasteiger charge is 2.24. The predicted octanol–water partition coefficient (Wildman–Crippen LogP) is 4.30. The number of nitrogens with zero attached hydrogens (tertiary/aromatic N) is 4. The maximum atomic E-state index is 6.56. The Balaban J connectivity index is 1.51. The Morgan fingerprint density at radius 2 is 2.00 bits per heavy atom. The fraction of sp³-hybridized carbons (Fsp3) is 0.500. The number of likely N-dealkylation sites (tertiary alicyclic amines) is 1. The Kier molecular flexibility index (Phi) is 4.02. The lowest BCUT2D eigenvalue weighted by atomic mass is 9.93. The number of aromatic nitrogens is 4. The molecule has 6 heteroatoms. The first kappa shape index (κ1) is 16.3. The van der Waals surface area contributed by atoms with E-state index >= 15 is 0 Å². The molecule has 3 aromatic heterocycles. The minimum atomic E-state index is 0.574. The molecule has 0 atom stereocenters. The van der Waals surface area contributed by atoms with Gasteiger partial charge < -0.3 is 9.88 Å². The summed E-state index contributed by atoms with van der Waals surface area (Å²) in [6.45, 7) is 3.31. The lowest BCUT2D eigenvalue weighted by Gasteiger charge is -2.28. The monoisotopic (exact) mass is 369 g/mol. The van der Waals surface area contributed by atoms with E-state index in [0.717, 1.165) is 47.7 Å². The summed E-state index contributed by atoms with van der Waals surface area (Å²) < 4.78 is 2.06. The van der Waals surface area contributed by atoms with E-state index in [1.54, 1.807) is 6.20 Å². The van der Waals surface area contributed by atoms with Gasteiger partial charge in [0.15, 0.2) is 0 Å². The van der Waals surface area contributed by atoms with Crippen molar-refractivity contribution in [1.29, 1.82) is 0 Å². The van der Waals surface area contributed by atoms with Crippen LogP contribution < -0.4 is 0 Å². The summed E-state index contributed by atoms with van der Waals surface area (Å²) in [5, 5.41) is 6.35. The van der Waals surface area contributed by atoms with Crippen LogP contribution in [-0.2, 0) is 6.54 Å². The quantitative estimate of drug-likeness (QED) is 0.745. The highest BCUT2D eigenvalue weighted by atomic mass is 35.5. The van der Waals surface area contributed by atoms with Gasteiger partial charge in [-0.2, -0.15) is 5.10 Å². The van der Waals surface area contributed by atoms with Gasteiger partial charge in [0.05, 0.1) is 11.2 Å². The SMILES string of the molecule is CN1CCC(c2cc3c(-c4cnn(CC5CC5)c4)c(Cl)cnc3[nH]2)CC1. The molecule has 0 amide bonds. The minimum absolute atomic E-state index is 0.574. The fourth-order valence-electron chi connectivity index (χ4n) is 4.06. The summed E-state index contributed by atoms with van der Waals surface area (Å²) in [6.07, 6.45) is 10.8. The number of hydrogen-bond acceptors (Lipinski definition) is 3. The van der Waals surface area contributed by atoms with Crippen LogP contribution in [0.4, 0.5) is 0 Å². The number of nitrogens with one attached hydrogen (secondary N) is 1. The van der Waals surface area contributed by atoms with Gasteiger partial charge in [0, 0.05) is 47.1 Å². The number of halogens is 1. The molecule has 136 valence electrons. The van der Waals surface area contributed by atoms with E-state index in [-0.39, 0.29) is 0 Å². The third kappa shape index (κ3) is 3.03. The van der Waals surface area contributed by atoms with Crippen molar-refractivity contribution < 1.29 is 0 Å². The van der Waals surface area contributed by atoms with Crippen LogP contribution in [0.25, 0.3) is 22.2 Å². The summed E-state index contributed by atoms with van der Waals surface area (Å²) in [5.74, 6) is 1.38. The van der Waals surface area contributed by atoms with Crippen molar-refractivity contribution in [3.63, 3.8) is 0 Å². The van der Waals surface area contributed by atoms with Gasteiger partial charge in [-0.3, -0.25) is 4.68 Å². The van der Waals surface area contributed by atoms with Crippen LogP contribution >= 0.6 is 11.6 Å². The van der Waals surface area contributed by atoms with E-state index in [1.165, 1.54) is 31.4 Å². The molecule has 1 saturated heterocycles. The molecule has 5 rings (SSSR count). The van der Waals surface area contributed by atoms with Gasteiger partial charge in [0.2, 0.25) is 0 Å². The lowest BCUT2D eigenvalue weighted by Crippen LogP contribution is -2.29. The van der Waals surface area contributed by atoms with Crippen molar-refractivity contribution >= 4 is 22.6 Å². The van der Waals surface area contributed by atoms with Gasteiger partial charge in [0.25, 0.3) is 0 Å². The van der Waals surface area contributed by atoms with Crippen molar-refractivity contribution in [3.05, 3.63) is 35.4 Å². The van der Waals surface area contributed by atoms with Crippen LogP contribution in [0, 0.1) is 5.92 Å². The molecule has 1 aliphatic heterocycles. The molecule has 1 saturated carbocycles. The van der Waals surface area contributed by atoms with E-state index < -0.39 is 0 Å². The van der Waals surface area contributed by atoms with Crippen molar-refractivity contribution in [1.82, 2.24) is 24.6 Å². The summed E-state index contributed by atoms with van der Waals surface area (Å²) in [7, 11) is 2.19. The predicted molar refractivity (Wildman–Crippen MR) is 105 cm³/mol. The van der Waals surface area contributed by atoms with Crippen molar-refractivity contribution in [3.8, 4) is 11.1 Å². The molecule has 26 heavy (non-hydrogen) atoms. The van der Waals surface area contributed by atoms with Crippen LogP contribution in [0.15, 0.2) is 24.7 Å². The Morgan fingerprint density at radius 3 is 2.77 bits per heavy atom. The summed E-state index contributed by atoms with van der Waals surface area (Å²) in [5.41, 5.74) is 4.34. The standard InChI is InChI=1S/C20H24ClN5/c1-25-6-4-14(5-7-25)18-8-16-19(17(21)10-22-20(16)24-18)15-9-23-26(12-15)11-13-2-3-13/h8-10,12-14H,2-7,11H2,1H3,(H,22,24). The fourth-order valence-corrected chi connectivity index (χ4v) is 4.32. The van der Waals surface area contributed by atoms with Gasteiger partial charge in [0.1, 0.15) is 5.65 Å². The molecule has 0 radical (unpaired) electrons. The van der Waals surface area contributed by atoms with Crippen LogP contribution in [0.5, 0.6) is 0 Å². The van der Waals surface area contributed by atoms with E-state index in [9.17, 15) is 0 Å². The summed E-state index contributed by atoms with van der Waals surface area (Å²) in [6, 6.07) is 2.26. The Labute approximate surface area is 158 Å². The zero-order valence-electron chi connectivity index (χ0n) is 15.1. The minimum Gasteiger partial charge on any atom is -0.343 e. The molecule has 4 heterocycles.